The Hall–Kier alpha value is -3.19. The van der Waals surface area contributed by atoms with E-state index in [9.17, 15) is 9.59 Å². The van der Waals surface area contributed by atoms with E-state index in [0.717, 1.165) is 48.1 Å². The summed E-state index contributed by atoms with van der Waals surface area (Å²) >= 11 is 0. The van der Waals surface area contributed by atoms with Crippen molar-refractivity contribution in [1.29, 1.82) is 0 Å². The van der Waals surface area contributed by atoms with Crippen LogP contribution in [-0.4, -0.2) is 42.0 Å². The minimum atomic E-state index is -0.626. The molecule has 7 heteroatoms. The highest BCUT2D eigenvalue weighted by Gasteiger charge is 2.34. The van der Waals surface area contributed by atoms with Gasteiger partial charge in [-0.2, -0.15) is 5.10 Å². The van der Waals surface area contributed by atoms with Crippen LogP contribution >= 0.6 is 0 Å². The summed E-state index contributed by atoms with van der Waals surface area (Å²) < 4.78 is 11.9. The predicted molar refractivity (Wildman–Crippen MR) is 145 cm³/mol. The number of methoxy groups -OCH3 is 1. The third-order valence-electron chi connectivity index (χ3n) is 7.53. The van der Waals surface area contributed by atoms with Gasteiger partial charge in [-0.05, 0) is 62.3 Å². The average molecular weight is 506 g/mol. The number of carbonyl (C=O) groups excluding carboxylic acids is 2. The summed E-state index contributed by atoms with van der Waals surface area (Å²) in [6.45, 7) is 5.88. The Kier molecular flexibility index (Phi) is 8.64. The van der Waals surface area contributed by atoms with Gasteiger partial charge in [0.2, 0.25) is 0 Å². The lowest BCUT2D eigenvalue weighted by atomic mass is 9.87. The molecule has 2 aromatic rings. The highest BCUT2D eigenvalue weighted by Crippen LogP contribution is 2.36. The molecule has 7 nitrogen and oxygen atoms in total. The maximum absolute atomic E-state index is 12.3. The lowest BCUT2D eigenvalue weighted by molar-refractivity contribution is -0.114. The summed E-state index contributed by atoms with van der Waals surface area (Å²) in [6.07, 6.45) is 6.46. The SMILES string of the molecule is CCC1CC(C=O)N(C(N)c2ccc(C(=O)C(C)C)cc2)N=C1c1ccc(OC)c(OC2CCCC2)c1. The number of ketones is 1. The lowest BCUT2D eigenvalue weighted by Gasteiger charge is -2.38. The first-order chi connectivity index (χ1) is 17.9. The maximum atomic E-state index is 12.3. The van der Waals surface area contributed by atoms with Crippen molar-refractivity contribution in [3.05, 3.63) is 59.2 Å². The molecule has 0 saturated heterocycles. The second-order valence-electron chi connectivity index (χ2n) is 10.4. The van der Waals surface area contributed by atoms with Gasteiger partial charge in [-0.25, -0.2) is 0 Å². The van der Waals surface area contributed by atoms with Crippen LogP contribution in [0.3, 0.4) is 0 Å². The maximum Gasteiger partial charge on any atom is 0.165 e. The topological polar surface area (TPSA) is 94.2 Å². The van der Waals surface area contributed by atoms with Gasteiger partial charge in [0.1, 0.15) is 18.5 Å². The number of benzene rings is 2. The van der Waals surface area contributed by atoms with E-state index < -0.39 is 12.2 Å². The number of hydrazone groups is 1. The Balaban J connectivity index is 1.67. The second kappa shape index (κ2) is 11.9. The number of rotatable bonds is 10. The molecule has 0 aromatic heterocycles. The standard InChI is InChI=1S/C30H39N3O4/c1-5-20-16-24(18-34)33(30(31)22-12-10-21(11-13-22)29(35)19(2)3)32-28(20)23-14-15-26(36-4)27(17-23)37-25-8-6-7-9-25/h10-15,17-20,24-25,30H,5-9,16,31H2,1-4H3. The van der Waals surface area contributed by atoms with Gasteiger partial charge in [0, 0.05) is 23.0 Å². The molecule has 1 fully saturated rings. The second-order valence-corrected chi connectivity index (χ2v) is 10.4. The predicted octanol–water partition coefficient (Wildman–Crippen LogP) is 5.52. The molecule has 3 atom stereocenters. The molecule has 1 saturated carbocycles. The van der Waals surface area contributed by atoms with Crippen LogP contribution < -0.4 is 15.2 Å². The third kappa shape index (κ3) is 5.87. The molecule has 1 aliphatic carbocycles. The van der Waals surface area contributed by atoms with Crippen molar-refractivity contribution >= 4 is 17.8 Å². The van der Waals surface area contributed by atoms with Crippen molar-refractivity contribution in [2.45, 2.75) is 77.6 Å². The van der Waals surface area contributed by atoms with E-state index in [1.165, 1.54) is 12.8 Å². The molecule has 0 bridgehead atoms. The number of nitrogens with two attached hydrogens (primary N) is 1. The molecule has 0 radical (unpaired) electrons. The molecule has 0 spiro atoms. The van der Waals surface area contributed by atoms with E-state index in [2.05, 4.69) is 6.92 Å². The molecule has 3 unspecified atom stereocenters. The average Bonchev–Trinajstić information content (AvgIpc) is 3.44. The summed E-state index contributed by atoms with van der Waals surface area (Å²) in [7, 11) is 1.65. The van der Waals surface area contributed by atoms with Gasteiger partial charge in [0.05, 0.1) is 18.9 Å². The molecule has 198 valence electrons. The fraction of sp³-hybridized carbons (Fsp3) is 0.500. The van der Waals surface area contributed by atoms with Crippen LogP contribution in [0.2, 0.25) is 0 Å². The van der Waals surface area contributed by atoms with E-state index >= 15 is 0 Å². The van der Waals surface area contributed by atoms with E-state index in [1.54, 1.807) is 24.3 Å². The third-order valence-corrected chi connectivity index (χ3v) is 7.53. The zero-order valence-electron chi connectivity index (χ0n) is 22.4. The summed E-state index contributed by atoms with van der Waals surface area (Å²) in [6, 6.07) is 12.8. The number of Topliss-reactive ketones (excluding diaryl/α,β-unsaturated/α-hetero) is 1. The van der Waals surface area contributed by atoms with Crippen molar-refractivity contribution < 1.29 is 19.1 Å². The van der Waals surface area contributed by atoms with Crippen molar-refractivity contribution in [1.82, 2.24) is 5.01 Å². The molecule has 2 N–H and O–H groups in total. The van der Waals surface area contributed by atoms with E-state index in [1.807, 2.05) is 44.2 Å². The Bertz CT molecular complexity index is 1120. The van der Waals surface area contributed by atoms with Gasteiger partial charge in [0.15, 0.2) is 17.3 Å². The number of nitrogens with zero attached hydrogens (tertiary/aromatic N) is 2. The van der Waals surface area contributed by atoms with Crippen LogP contribution in [0.25, 0.3) is 0 Å². The number of hydrogen-bond acceptors (Lipinski definition) is 7. The van der Waals surface area contributed by atoms with Gasteiger partial charge in [-0.3, -0.25) is 9.80 Å². The quantitative estimate of drug-likeness (QED) is 0.338. The first kappa shape index (κ1) is 26.9. The van der Waals surface area contributed by atoms with Crippen molar-refractivity contribution in [3.8, 4) is 11.5 Å². The Morgan fingerprint density at radius 3 is 2.43 bits per heavy atom. The van der Waals surface area contributed by atoms with Crippen LogP contribution in [-0.2, 0) is 4.79 Å². The summed E-state index contributed by atoms with van der Waals surface area (Å²) in [5.74, 6) is 1.55. The smallest absolute Gasteiger partial charge is 0.165 e. The fourth-order valence-electron chi connectivity index (χ4n) is 5.28. The lowest BCUT2D eigenvalue weighted by Crippen LogP contribution is -2.46. The molecule has 4 rings (SSSR count). The number of hydrogen-bond donors (Lipinski definition) is 1. The van der Waals surface area contributed by atoms with Gasteiger partial charge in [0.25, 0.3) is 0 Å². The number of carbonyl (C=O) groups is 2. The van der Waals surface area contributed by atoms with Crippen molar-refractivity contribution in [3.63, 3.8) is 0 Å². The minimum Gasteiger partial charge on any atom is -0.493 e. The van der Waals surface area contributed by atoms with Crippen molar-refractivity contribution in [2.75, 3.05) is 7.11 Å². The fourth-order valence-corrected chi connectivity index (χ4v) is 5.28. The summed E-state index contributed by atoms with van der Waals surface area (Å²) in [4.78, 5) is 24.5. The largest absolute Gasteiger partial charge is 0.493 e. The zero-order chi connectivity index (χ0) is 26.5. The van der Waals surface area contributed by atoms with Crippen LogP contribution in [0.5, 0.6) is 11.5 Å². The Labute approximate surface area is 220 Å². The highest BCUT2D eigenvalue weighted by molar-refractivity contribution is 6.03. The molecule has 2 aliphatic rings. The molecular weight excluding hydrogens is 466 g/mol. The van der Waals surface area contributed by atoms with Crippen LogP contribution in [0.1, 0.15) is 86.9 Å². The van der Waals surface area contributed by atoms with Gasteiger partial charge >= 0.3 is 0 Å². The molecule has 2 aromatic carbocycles. The molecular formula is C30H39N3O4. The van der Waals surface area contributed by atoms with Gasteiger partial charge < -0.3 is 20.0 Å². The molecule has 1 heterocycles. The van der Waals surface area contributed by atoms with E-state index in [0.29, 0.717) is 17.7 Å². The summed E-state index contributed by atoms with van der Waals surface area (Å²) in [5.41, 5.74) is 9.95. The minimum absolute atomic E-state index is 0.0776. The zero-order valence-corrected chi connectivity index (χ0v) is 22.4. The van der Waals surface area contributed by atoms with Gasteiger partial charge in [-0.15, -0.1) is 0 Å². The first-order valence-corrected chi connectivity index (χ1v) is 13.4. The van der Waals surface area contributed by atoms with Gasteiger partial charge in [-0.1, -0.05) is 45.0 Å². The molecule has 1 aliphatic heterocycles. The summed E-state index contributed by atoms with van der Waals surface area (Å²) in [5, 5.41) is 6.68. The van der Waals surface area contributed by atoms with Crippen LogP contribution in [0.15, 0.2) is 47.6 Å². The molecule has 0 amide bonds. The van der Waals surface area contributed by atoms with E-state index in [-0.39, 0.29) is 23.7 Å². The monoisotopic (exact) mass is 505 g/mol. The van der Waals surface area contributed by atoms with Crippen molar-refractivity contribution in [2.24, 2.45) is 22.7 Å². The van der Waals surface area contributed by atoms with E-state index in [4.69, 9.17) is 20.3 Å². The normalized spacial score (nSPS) is 21.0. The Morgan fingerprint density at radius 1 is 1.14 bits per heavy atom. The number of aldehydes is 1. The molecule has 37 heavy (non-hydrogen) atoms. The Morgan fingerprint density at radius 2 is 1.84 bits per heavy atom. The first-order valence-electron chi connectivity index (χ1n) is 13.4. The number of ether oxygens (including phenoxy) is 2. The van der Waals surface area contributed by atoms with Crippen LogP contribution in [0, 0.1) is 11.8 Å². The van der Waals surface area contributed by atoms with Crippen LogP contribution in [0.4, 0.5) is 0 Å². The highest BCUT2D eigenvalue weighted by atomic mass is 16.5.